The average Bonchev–Trinajstić information content (AvgIpc) is 2.72. The number of nitrogens with zero attached hydrogens (tertiary/aromatic N) is 2. The zero-order valence-corrected chi connectivity index (χ0v) is 22.1. The van der Waals surface area contributed by atoms with Gasteiger partial charge in [-0.25, -0.2) is 16.8 Å². The standard InChI is InChI=1S/C20H14N2O8S2.Cr.Na/c23-16-10-18(32(28,29)30)11-4-1-2-5-13(11)19(16)22-21-15-9-8-12-14(20(15)24)6-3-7-17(12)31(25,26)27;;/h1-10,23-24H,(H,25,26,27)(H,28,29,30);;/q;+3;+1/p-4. The van der Waals surface area contributed by atoms with E-state index in [2.05, 4.69) is 10.2 Å². The minimum absolute atomic E-state index is 0. The second-order valence-corrected chi connectivity index (χ2v) is 9.34. The van der Waals surface area contributed by atoms with Crippen molar-refractivity contribution in [2.24, 2.45) is 10.2 Å². The molecule has 0 amide bonds. The van der Waals surface area contributed by atoms with Crippen LogP contribution in [0.5, 0.6) is 11.5 Å². The average molecular weight is 545 g/mol. The largest absolute Gasteiger partial charge is 3.00 e. The first kappa shape index (κ1) is 28.2. The Labute approximate surface area is 226 Å². The number of rotatable bonds is 4. The van der Waals surface area contributed by atoms with Crippen molar-refractivity contribution in [1.29, 1.82) is 0 Å². The predicted molar refractivity (Wildman–Crippen MR) is 107 cm³/mol. The van der Waals surface area contributed by atoms with Crippen molar-refractivity contribution in [2.75, 3.05) is 0 Å². The Balaban J connectivity index is 0.00000204. The maximum atomic E-state index is 12.7. The summed E-state index contributed by atoms with van der Waals surface area (Å²) in [5.41, 5.74) is -0.537. The van der Waals surface area contributed by atoms with E-state index in [-0.39, 0.29) is 79.8 Å². The fourth-order valence-electron chi connectivity index (χ4n) is 3.30. The summed E-state index contributed by atoms with van der Waals surface area (Å²) in [5.74, 6) is -1.62. The topological polar surface area (TPSA) is 185 Å². The van der Waals surface area contributed by atoms with Gasteiger partial charge in [0.15, 0.2) is 0 Å². The number of fused-ring (bicyclic) bond motifs is 2. The number of benzene rings is 4. The van der Waals surface area contributed by atoms with Gasteiger partial charge in [0, 0.05) is 10.8 Å². The Hall–Kier alpha value is -2.05. The normalized spacial score (nSPS) is 11.9. The van der Waals surface area contributed by atoms with Gasteiger partial charge < -0.3 is 19.3 Å². The zero-order chi connectivity index (χ0) is 23.3. The van der Waals surface area contributed by atoms with Crippen LogP contribution in [0.25, 0.3) is 21.5 Å². The molecule has 0 aliphatic rings. The van der Waals surface area contributed by atoms with E-state index < -0.39 is 41.5 Å². The van der Waals surface area contributed by atoms with Crippen LogP contribution in [0.3, 0.4) is 0 Å². The summed E-state index contributed by atoms with van der Waals surface area (Å²) in [5, 5.41) is 32.6. The van der Waals surface area contributed by atoms with Gasteiger partial charge in [-0.1, -0.05) is 54.0 Å². The van der Waals surface area contributed by atoms with Gasteiger partial charge in [0.05, 0.1) is 21.2 Å². The van der Waals surface area contributed by atoms with Gasteiger partial charge in [-0.2, -0.15) is 10.2 Å². The van der Waals surface area contributed by atoms with Gasteiger partial charge in [-0.15, -0.1) is 0 Å². The first-order chi connectivity index (χ1) is 15.0. The molecule has 4 rings (SSSR count). The van der Waals surface area contributed by atoms with Crippen molar-refractivity contribution >= 4 is 53.2 Å². The van der Waals surface area contributed by atoms with Crippen LogP contribution < -0.4 is 39.8 Å². The molecule has 4 aromatic carbocycles. The molecule has 10 nitrogen and oxygen atoms in total. The van der Waals surface area contributed by atoms with Crippen molar-refractivity contribution < 1.29 is 83.1 Å². The Bertz CT molecular complexity index is 1660. The second-order valence-electron chi connectivity index (χ2n) is 6.64. The molecule has 0 heterocycles. The molecule has 0 atom stereocenters. The maximum absolute atomic E-state index is 12.7. The number of hydrogen-bond donors (Lipinski definition) is 0. The third-order valence-electron chi connectivity index (χ3n) is 4.69. The van der Waals surface area contributed by atoms with E-state index >= 15 is 0 Å². The van der Waals surface area contributed by atoms with Gasteiger partial charge in [-0.3, -0.25) is 0 Å². The summed E-state index contributed by atoms with van der Waals surface area (Å²) in [6.45, 7) is 0. The van der Waals surface area contributed by atoms with Crippen LogP contribution in [0.2, 0.25) is 0 Å². The van der Waals surface area contributed by atoms with Crippen LogP contribution in [0.1, 0.15) is 0 Å². The predicted octanol–water partition coefficient (Wildman–Crippen LogP) is -0.635. The zero-order valence-electron chi connectivity index (χ0n) is 17.2. The van der Waals surface area contributed by atoms with Crippen molar-refractivity contribution in [3.63, 3.8) is 0 Å². The smallest absolute Gasteiger partial charge is 0.871 e. The molecule has 0 bridgehead atoms. The summed E-state index contributed by atoms with van der Waals surface area (Å²) in [6, 6.07) is 12.3. The second kappa shape index (κ2) is 10.3. The quantitative estimate of drug-likeness (QED) is 0.184. The molecule has 0 aromatic heterocycles. The molecule has 0 N–H and O–H groups in total. The van der Waals surface area contributed by atoms with E-state index in [1.165, 1.54) is 42.5 Å². The van der Waals surface area contributed by atoms with Gasteiger partial charge >= 0.3 is 46.9 Å². The first-order valence-corrected chi connectivity index (χ1v) is 11.6. The molecule has 0 unspecified atom stereocenters. The molecule has 0 saturated heterocycles. The molecule has 0 saturated carbocycles. The maximum Gasteiger partial charge on any atom is 3.00 e. The molecular weight excluding hydrogens is 535 g/mol. The SMILES string of the molecule is O=S(=O)([O-])c1cccc2c([O-])c(N=Nc3c([O-])cc(S(=O)(=O)[O-])c4ccccc34)ccc12.[Cr+3].[Na+]. The van der Waals surface area contributed by atoms with Crippen LogP contribution >= 0.6 is 0 Å². The Morgan fingerprint density at radius 2 is 1.21 bits per heavy atom. The van der Waals surface area contributed by atoms with E-state index in [9.17, 15) is 36.2 Å². The van der Waals surface area contributed by atoms with Crippen LogP contribution in [-0.4, -0.2) is 25.9 Å². The summed E-state index contributed by atoms with van der Waals surface area (Å²) < 4.78 is 68.7. The minimum atomic E-state index is -4.93. The third-order valence-corrected chi connectivity index (χ3v) is 6.46. The minimum Gasteiger partial charge on any atom is -0.871 e. The Morgan fingerprint density at radius 1 is 0.647 bits per heavy atom. The van der Waals surface area contributed by atoms with E-state index in [1.54, 1.807) is 0 Å². The number of hydrogen-bond acceptors (Lipinski definition) is 10. The monoisotopic (exact) mass is 545 g/mol. The summed E-state index contributed by atoms with van der Waals surface area (Å²) in [7, 11) is -9.75. The molecule has 0 aliphatic heterocycles. The molecular formula is C20H10CrN2NaO8S2. The third kappa shape index (κ3) is 5.28. The molecule has 34 heavy (non-hydrogen) atoms. The molecule has 14 heteroatoms. The summed E-state index contributed by atoms with van der Waals surface area (Å²) >= 11 is 0. The van der Waals surface area contributed by atoms with Gasteiger partial charge in [0.1, 0.15) is 20.2 Å². The number of azo groups is 1. The van der Waals surface area contributed by atoms with Crippen LogP contribution in [0, 0.1) is 0 Å². The molecule has 167 valence electrons. The molecule has 1 radical (unpaired) electrons. The van der Waals surface area contributed by atoms with Gasteiger partial charge in [-0.05, 0) is 29.0 Å². The van der Waals surface area contributed by atoms with Crippen LogP contribution in [0.15, 0.2) is 80.7 Å². The van der Waals surface area contributed by atoms with Crippen LogP contribution in [-0.2, 0) is 37.6 Å². The van der Waals surface area contributed by atoms with Gasteiger partial charge in [0.25, 0.3) is 0 Å². The fourth-order valence-corrected chi connectivity index (χ4v) is 4.69. The van der Waals surface area contributed by atoms with Gasteiger partial charge in [0.2, 0.25) is 0 Å². The van der Waals surface area contributed by atoms with E-state index in [4.69, 9.17) is 0 Å². The van der Waals surface area contributed by atoms with E-state index in [0.29, 0.717) is 6.07 Å². The van der Waals surface area contributed by atoms with E-state index in [1.807, 2.05) is 0 Å². The molecule has 0 spiro atoms. The Morgan fingerprint density at radius 3 is 1.82 bits per heavy atom. The molecule has 0 fully saturated rings. The summed E-state index contributed by atoms with van der Waals surface area (Å²) in [4.78, 5) is -1.25. The van der Waals surface area contributed by atoms with Crippen LogP contribution in [0.4, 0.5) is 11.4 Å². The van der Waals surface area contributed by atoms with Crippen molar-refractivity contribution in [1.82, 2.24) is 0 Å². The molecule has 0 aliphatic carbocycles. The molecule has 4 aromatic rings. The summed E-state index contributed by atoms with van der Waals surface area (Å²) in [6.07, 6.45) is 0. The van der Waals surface area contributed by atoms with E-state index in [0.717, 1.165) is 12.1 Å². The van der Waals surface area contributed by atoms with Crippen molar-refractivity contribution in [2.45, 2.75) is 9.79 Å². The Kier molecular flexibility index (Phi) is 8.53. The first-order valence-electron chi connectivity index (χ1n) is 8.77. The van der Waals surface area contributed by atoms with Crippen molar-refractivity contribution in [3.05, 3.63) is 60.7 Å². The van der Waals surface area contributed by atoms with Crippen molar-refractivity contribution in [3.8, 4) is 11.5 Å². The fraction of sp³-hybridized carbons (Fsp3) is 0.